The van der Waals surface area contributed by atoms with E-state index in [-0.39, 0.29) is 17.9 Å². The monoisotopic (exact) mass is 395 g/mol. The zero-order chi connectivity index (χ0) is 19.2. The minimum absolute atomic E-state index is 0.0892. The molecule has 0 amide bonds. The number of nitrogens with one attached hydrogen (secondary N) is 1. The molecule has 0 saturated heterocycles. The highest BCUT2D eigenvalue weighted by atomic mass is 35.5. The van der Waals surface area contributed by atoms with Crippen LogP contribution in [0.4, 0.5) is 0 Å². The van der Waals surface area contributed by atoms with Gasteiger partial charge >= 0.3 is 5.97 Å². The van der Waals surface area contributed by atoms with E-state index in [1.807, 2.05) is 0 Å². The van der Waals surface area contributed by atoms with Gasteiger partial charge in [0.15, 0.2) is 0 Å². The molecular weight excluding hydrogens is 378 g/mol. The van der Waals surface area contributed by atoms with Crippen molar-refractivity contribution >= 4 is 33.9 Å². The van der Waals surface area contributed by atoms with E-state index in [2.05, 4.69) is 4.72 Å². The molecule has 0 aromatic heterocycles. The number of hydrogen-bond donors (Lipinski definition) is 2. The number of carboxylic acid groups (broad SMARTS) is 1. The van der Waals surface area contributed by atoms with Crippen LogP contribution in [0.2, 0.25) is 5.02 Å². The lowest BCUT2D eigenvalue weighted by Crippen LogP contribution is -2.26. The van der Waals surface area contributed by atoms with E-state index >= 15 is 0 Å². The summed E-state index contributed by atoms with van der Waals surface area (Å²) in [5, 5.41) is 9.48. The number of halogens is 1. The highest BCUT2D eigenvalue weighted by Gasteiger charge is 2.19. The average molecular weight is 396 g/mol. The lowest BCUT2D eigenvalue weighted by Gasteiger charge is -2.11. The largest absolute Gasteiger partial charge is 0.481 e. The minimum Gasteiger partial charge on any atom is -0.481 e. The first kappa shape index (κ1) is 20.1. The summed E-state index contributed by atoms with van der Waals surface area (Å²) >= 11 is 5.81. The SMILES string of the molecule is O=CCC(C(=O)O)c1ccc(CCNS(=O)(=O)c2cccc(Cl)c2)cc1. The molecule has 6 nitrogen and oxygen atoms in total. The van der Waals surface area contributed by atoms with Crippen LogP contribution in [0.15, 0.2) is 53.4 Å². The molecule has 26 heavy (non-hydrogen) atoms. The van der Waals surface area contributed by atoms with Crippen LogP contribution in [0.1, 0.15) is 23.5 Å². The van der Waals surface area contributed by atoms with Crippen LogP contribution >= 0.6 is 11.6 Å². The number of aliphatic carboxylic acids is 1. The van der Waals surface area contributed by atoms with Gasteiger partial charge in [0, 0.05) is 18.0 Å². The topological polar surface area (TPSA) is 101 Å². The quantitative estimate of drug-likeness (QED) is 0.635. The normalized spacial score (nSPS) is 12.5. The molecule has 8 heteroatoms. The molecule has 1 unspecified atom stereocenters. The number of rotatable bonds is 9. The van der Waals surface area contributed by atoms with E-state index in [4.69, 9.17) is 16.7 Å². The fourth-order valence-corrected chi connectivity index (χ4v) is 3.77. The highest BCUT2D eigenvalue weighted by molar-refractivity contribution is 7.89. The Hall–Kier alpha value is -2.22. The van der Waals surface area contributed by atoms with Crippen LogP contribution in [-0.2, 0) is 26.0 Å². The predicted octanol–water partition coefficient (Wildman–Crippen LogP) is 2.62. The summed E-state index contributed by atoms with van der Waals surface area (Å²) in [6, 6.07) is 12.7. The fraction of sp³-hybridized carbons (Fsp3) is 0.222. The Morgan fingerprint density at radius 1 is 1.19 bits per heavy atom. The van der Waals surface area contributed by atoms with Gasteiger partial charge in [-0.3, -0.25) is 4.79 Å². The van der Waals surface area contributed by atoms with Crippen LogP contribution < -0.4 is 4.72 Å². The molecule has 2 aromatic rings. The molecule has 0 aliphatic rings. The molecule has 138 valence electrons. The number of carbonyl (C=O) groups is 2. The maximum absolute atomic E-state index is 12.2. The maximum atomic E-state index is 12.2. The number of carboxylic acids is 1. The first-order valence-corrected chi connectivity index (χ1v) is 9.70. The van der Waals surface area contributed by atoms with E-state index in [9.17, 15) is 18.0 Å². The predicted molar refractivity (Wildman–Crippen MR) is 97.8 cm³/mol. The smallest absolute Gasteiger partial charge is 0.311 e. The van der Waals surface area contributed by atoms with Gasteiger partial charge in [0.2, 0.25) is 10.0 Å². The Morgan fingerprint density at radius 3 is 2.46 bits per heavy atom. The standard InChI is InChI=1S/C18H18ClNO5S/c19-15-2-1-3-16(12-15)26(24,25)20-10-8-13-4-6-14(7-5-13)17(9-11-21)18(22)23/h1-7,11-12,17,20H,8-10H2,(H,22,23). The number of benzene rings is 2. The Kier molecular flexibility index (Phi) is 6.90. The van der Waals surface area contributed by atoms with Crippen LogP contribution in [0.25, 0.3) is 0 Å². The van der Waals surface area contributed by atoms with Gasteiger partial charge in [-0.25, -0.2) is 13.1 Å². The minimum atomic E-state index is -3.64. The van der Waals surface area contributed by atoms with E-state index in [0.717, 1.165) is 5.56 Å². The summed E-state index contributed by atoms with van der Waals surface area (Å²) in [6.45, 7) is 0.185. The Labute approximate surface area is 156 Å². The molecule has 2 N–H and O–H groups in total. The van der Waals surface area contributed by atoms with Gasteiger partial charge in [-0.15, -0.1) is 0 Å². The van der Waals surface area contributed by atoms with Crippen molar-refractivity contribution in [1.82, 2.24) is 4.72 Å². The van der Waals surface area contributed by atoms with E-state index in [0.29, 0.717) is 23.3 Å². The van der Waals surface area contributed by atoms with Gasteiger partial charge < -0.3 is 9.90 Å². The van der Waals surface area contributed by atoms with Crippen molar-refractivity contribution in [2.45, 2.75) is 23.7 Å². The summed E-state index contributed by atoms with van der Waals surface area (Å²) in [5.41, 5.74) is 1.38. The Balaban J connectivity index is 1.98. The first-order valence-electron chi connectivity index (χ1n) is 7.84. The number of sulfonamides is 1. The van der Waals surface area contributed by atoms with E-state index in [1.54, 1.807) is 36.4 Å². The summed E-state index contributed by atoms with van der Waals surface area (Å²) in [5.74, 6) is -1.93. The zero-order valence-electron chi connectivity index (χ0n) is 13.8. The lowest BCUT2D eigenvalue weighted by molar-refractivity contribution is -0.139. The molecule has 1 atom stereocenters. The van der Waals surface area contributed by atoms with Gasteiger partial charge in [-0.2, -0.15) is 0 Å². The van der Waals surface area contributed by atoms with Crippen molar-refractivity contribution in [3.05, 3.63) is 64.7 Å². The lowest BCUT2D eigenvalue weighted by atomic mass is 9.95. The highest BCUT2D eigenvalue weighted by Crippen LogP contribution is 2.20. The van der Waals surface area contributed by atoms with Crippen LogP contribution in [0, 0.1) is 0 Å². The van der Waals surface area contributed by atoms with E-state index < -0.39 is 21.9 Å². The van der Waals surface area contributed by atoms with Gasteiger partial charge in [0.1, 0.15) is 6.29 Å². The van der Waals surface area contributed by atoms with Crippen molar-refractivity contribution in [1.29, 1.82) is 0 Å². The second-order valence-corrected chi connectivity index (χ2v) is 7.84. The second-order valence-electron chi connectivity index (χ2n) is 5.64. The summed E-state index contributed by atoms with van der Waals surface area (Å²) in [4.78, 5) is 21.9. The van der Waals surface area contributed by atoms with Gasteiger partial charge in [0.05, 0.1) is 10.8 Å². The number of carbonyl (C=O) groups excluding carboxylic acids is 1. The number of aldehydes is 1. The Morgan fingerprint density at radius 2 is 1.88 bits per heavy atom. The summed E-state index contributed by atoms with van der Waals surface area (Å²) in [7, 11) is -3.64. The summed E-state index contributed by atoms with van der Waals surface area (Å²) < 4.78 is 26.9. The third-order valence-corrected chi connectivity index (χ3v) is 5.52. The third kappa shape index (κ3) is 5.39. The van der Waals surface area contributed by atoms with Crippen LogP contribution in [0.3, 0.4) is 0 Å². The van der Waals surface area contributed by atoms with Crippen LogP contribution in [-0.4, -0.2) is 32.3 Å². The molecule has 0 fully saturated rings. The van der Waals surface area contributed by atoms with Gasteiger partial charge in [0.25, 0.3) is 0 Å². The van der Waals surface area contributed by atoms with Crippen LogP contribution in [0.5, 0.6) is 0 Å². The third-order valence-electron chi connectivity index (χ3n) is 3.82. The fourth-order valence-electron chi connectivity index (χ4n) is 2.44. The van der Waals surface area contributed by atoms with E-state index in [1.165, 1.54) is 12.1 Å². The number of hydrogen-bond acceptors (Lipinski definition) is 4. The molecule has 0 aliphatic carbocycles. The molecular formula is C18H18ClNO5S. The van der Waals surface area contributed by atoms with Gasteiger partial charge in [-0.05, 0) is 35.7 Å². The maximum Gasteiger partial charge on any atom is 0.311 e. The molecule has 0 heterocycles. The average Bonchev–Trinajstić information content (AvgIpc) is 2.60. The molecule has 0 bridgehead atoms. The Bertz CT molecular complexity index is 881. The van der Waals surface area contributed by atoms with Gasteiger partial charge in [-0.1, -0.05) is 41.9 Å². The second kappa shape index (κ2) is 8.93. The van der Waals surface area contributed by atoms with Crippen molar-refractivity contribution in [2.24, 2.45) is 0 Å². The van der Waals surface area contributed by atoms with Crippen molar-refractivity contribution in [3.8, 4) is 0 Å². The summed E-state index contributed by atoms with van der Waals surface area (Å²) in [6.07, 6.45) is 0.928. The molecule has 2 aromatic carbocycles. The first-order chi connectivity index (χ1) is 12.3. The molecule has 0 saturated carbocycles. The van der Waals surface area contributed by atoms with Crippen molar-refractivity contribution in [3.63, 3.8) is 0 Å². The van der Waals surface area contributed by atoms with Crippen molar-refractivity contribution in [2.75, 3.05) is 6.54 Å². The van der Waals surface area contributed by atoms with Crippen molar-refractivity contribution < 1.29 is 23.1 Å². The molecule has 2 rings (SSSR count). The molecule has 0 aliphatic heterocycles. The molecule has 0 spiro atoms. The zero-order valence-corrected chi connectivity index (χ0v) is 15.3. The molecule has 0 radical (unpaired) electrons.